The standard InChI is InChI=1S/C20H35NO6.C3H8O/c1-13-7-20(24-6,27-15(3)14(13)2)9-18(23)21-10-17-16(26-12-22)8-19(4,5)11-25-17;1-2-3-4/h14-17,22H,1,7-12H2,2-6H3,(H,21,23);4H,2-3H2,1H3/t14?,15?,16-,17?,20-;/m1./s1. The highest BCUT2D eigenvalue weighted by atomic mass is 16.7. The van der Waals surface area contributed by atoms with Gasteiger partial charge in [0.2, 0.25) is 5.91 Å². The van der Waals surface area contributed by atoms with Gasteiger partial charge in [-0.15, -0.1) is 0 Å². The second kappa shape index (κ2) is 12.9. The molecule has 2 heterocycles. The molecule has 3 unspecified atom stereocenters. The lowest BCUT2D eigenvalue weighted by molar-refractivity contribution is -0.263. The first-order valence-corrected chi connectivity index (χ1v) is 11.1. The van der Waals surface area contributed by atoms with Crippen LogP contribution in [0.3, 0.4) is 0 Å². The van der Waals surface area contributed by atoms with E-state index in [-0.39, 0.29) is 48.8 Å². The average molecular weight is 446 g/mol. The molecule has 2 aliphatic heterocycles. The van der Waals surface area contributed by atoms with E-state index < -0.39 is 5.79 Å². The molecule has 0 aromatic carbocycles. The van der Waals surface area contributed by atoms with Crippen molar-refractivity contribution in [2.24, 2.45) is 11.3 Å². The lowest BCUT2D eigenvalue weighted by Crippen LogP contribution is -2.51. The van der Waals surface area contributed by atoms with Crippen molar-refractivity contribution in [3.05, 3.63) is 12.2 Å². The first-order chi connectivity index (χ1) is 14.5. The van der Waals surface area contributed by atoms with Gasteiger partial charge in [0.25, 0.3) is 0 Å². The molecule has 31 heavy (non-hydrogen) atoms. The molecule has 0 bridgehead atoms. The normalized spacial score (nSPS) is 32.7. The van der Waals surface area contributed by atoms with Crippen molar-refractivity contribution in [2.75, 3.05) is 33.7 Å². The minimum atomic E-state index is -0.983. The zero-order chi connectivity index (χ0) is 23.7. The van der Waals surface area contributed by atoms with Gasteiger partial charge in [-0.3, -0.25) is 4.79 Å². The Hall–Kier alpha value is -1.03. The molecule has 1 amide bonds. The van der Waals surface area contributed by atoms with Crippen molar-refractivity contribution < 1.29 is 34.0 Å². The SMILES string of the molecule is C=C1C[C@@](CC(=O)NCC2OCC(C)(C)C[C@H]2OCO)(OC)OC(C)C1C.CCCO. The molecular formula is C23H43NO7. The topological polar surface area (TPSA) is 106 Å². The van der Waals surface area contributed by atoms with Gasteiger partial charge in [0.05, 0.1) is 25.2 Å². The van der Waals surface area contributed by atoms with Crippen molar-refractivity contribution in [3.8, 4) is 0 Å². The van der Waals surface area contributed by atoms with Gasteiger partial charge >= 0.3 is 0 Å². The van der Waals surface area contributed by atoms with Crippen LogP contribution in [0.2, 0.25) is 0 Å². The van der Waals surface area contributed by atoms with Gasteiger partial charge in [-0.25, -0.2) is 0 Å². The smallest absolute Gasteiger partial charge is 0.225 e. The molecule has 2 rings (SSSR count). The fraction of sp³-hybridized carbons (Fsp3) is 0.870. The summed E-state index contributed by atoms with van der Waals surface area (Å²) >= 11 is 0. The van der Waals surface area contributed by atoms with E-state index >= 15 is 0 Å². The van der Waals surface area contributed by atoms with Crippen molar-refractivity contribution >= 4 is 5.91 Å². The largest absolute Gasteiger partial charge is 0.396 e. The van der Waals surface area contributed by atoms with Crippen LogP contribution in [0.5, 0.6) is 0 Å². The van der Waals surface area contributed by atoms with Gasteiger partial charge in [0, 0.05) is 32.6 Å². The number of aliphatic hydroxyl groups excluding tert-OH is 2. The Labute approximate surface area is 187 Å². The highest BCUT2D eigenvalue weighted by molar-refractivity contribution is 5.77. The summed E-state index contributed by atoms with van der Waals surface area (Å²) in [5.41, 5.74) is 1.00. The van der Waals surface area contributed by atoms with E-state index in [1.807, 2.05) is 13.8 Å². The van der Waals surface area contributed by atoms with Gasteiger partial charge in [-0.05, 0) is 25.2 Å². The molecule has 0 aromatic heterocycles. The summed E-state index contributed by atoms with van der Waals surface area (Å²) < 4.78 is 22.9. The van der Waals surface area contributed by atoms with Gasteiger partial charge < -0.3 is 34.5 Å². The minimum Gasteiger partial charge on any atom is -0.396 e. The molecule has 2 fully saturated rings. The summed E-state index contributed by atoms with van der Waals surface area (Å²) in [6, 6.07) is 0. The van der Waals surface area contributed by atoms with Gasteiger partial charge in [-0.1, -0.05) is 39.8 Å². The number of hydrogen-bond acceptors (Lipinski definition) is 7. The summed E-state index contributed by atoms with van der Waals surface area (Å²) in [5.74, 6) is -0.932. The zero-order valence-corrected chi connectivity index (χ0v) is 20.1. The van der Waals surface area contributed by atoms with Crippen LogP contribution in [0.25, 0.3) is 0 Å². The third-order valence-corrected chi connectivity index (χ3v) is 5.92. The van der Waals surface area contributed by atoms with Crippen LogP contribution in [0.1, 0.15) is 60.3 Å². The maximum atomic E-state index is 12.6. The number of carbonyl (C=O) groups excluding carboxylic acids is 1. The highest BCUT2D eigenvalue weighted by Crippen LogP contribution is 2.38. The first-order valence-electron chi connectivity index (χ1n) is 11.1. The van der Waals surface area contributed by atoms with E-state index in [9.17, 15) is 4.79 Å². The molecule has 8 nitrogen and oxygen atoms in total. The van der Waals surface area contributed by atoms with Crippen LogP contribution in [0, 0.1) is 11.3 Å². The Morgan fingerprint density at radius 3 is 2.48 bits per heavy atom. The highest BCUT2D eigenvalue weighted by Gasteiger charge is 2.43. The lowest BCUT2D eigenvalue weighted by Gasteiger charge is -2.43. The summed E-state index contributed by atoms with van der Waals surface area (Å²) in [6.45, 7) is 15.1. The second-order valence-corrected chi connectivity index (χ2v) is 9.32. The molecule has 0 radical (unpaired) electrons. The van der Waals surface area contributed by atoms with Crippen molar-refractivity contribution in [2.45, 2.75) is 84.4 Å². The molecule has 0 aromatic rings. The number of hydrogen-bond donors (Lipinski definition) is 3. The number of carbonyl (C=O) groups is 1. The molecule has 5 atom stereocenters. The van der Waals surface area contributed by atoms with Crippen LogP contribution in [0.4, 0.5) is 0 Å². The van der Waals surface area contributed by atoms with Crippen molar-refractivity contribution in [1.82, 2.24) is 5.32 Å². The average Bonchev–Trinajstić information content (AvgIpc) is 2.71. The maximum absolute atomic E-state index is 12.6. The second-order valence-electron chi connectivity index (χ2n) is 9.32. The predicted molar refractivity (Wildman–Crippen MR) is 118 cm³/mol. The van der Waals surface area contributed by atoms with E-state index in [1.54, 1.807) is 7.11 Å². The number of methoxy groups -OCH3 is 1. The van der Waals surface area contributed by atoms with Crippen LogP contribution < -0.4 is 5.32 Å². The van der Waals surface area contributed by atoms with Crippen LogP contribution >= 0.6 is 0 Å². The van der Waals surface area contributed by atoms with Crippen molar-refractivity contribution in [3.63, 3.8) is 0 Å². The Balaban J connectivity index is 0.00000110. The van der Waals surface area contributed by atoms with E-state index in [1.165, 1.54) is 0 Å². The molecule has 3 N–H and O–H groups in total. The van der Waals surface area contributed by atoms with Gasteiger partial charge in [0.15, 0.2) is 5.79 Å². The number of amides is 1. The lowest BCUT2D eigenvalue weighted by atomic mass is 9.83. The van der Waals surface area contributed by atoms with Gasteiger partial charge in [0.1, 0.15) is 12.9 Å². The zero-order valence-electron chi connectivity index (χ0n) is 20.1. The minimum absolute atomic E-state index is 0.0242. The predicted octanol–water partition coefficient (Wildman–Crippen LogP) is 2.38. The third-order valence-electron chi connectivity index (χ3n) is 5.92. The van der Waals surface area contributed by atoms with E-state index in [2.05, 4.69) is 32.7 Å². The summed E-state index contributed by atoms with van der Waals surface area (Å²) in [4.78, 5) is 12.6. The van der Waals surface area contributed by atoms with E-state index in [0.29, 0.717) is 26.2 Å². The van der Waals surface area contributed by atoms with Crippen LogP contribution in [-0.2, 0) is 23.7 Å². The summed E-state index contributed by atoms with van der Waals surface area (Å²) in [6.07, 6.45) is 1.59. The Bertz CT molecular complexity index is 566. The van der Waals surface area contributed by atoms with E-state index in [0.717, 1.165) is 18.4 Å². The fourth-order valence-corrected chi connectivity index (χ4v) is 3.77. The molecule has 182 valence electrons. The van der Waals surface area contributed by atoms with Crippen LogP contribution in [-0.4, -0.2) is 73.9 Å². The molecule has 0 saturated carbocycles. The number of aliphatic hydroxyl groups is 2. The summed E-state index contributed by atoms with van der Waals surface area (Å²) in [5, 5.41) is 19.9. The van der Waals surface area contributed by atoms with E-state index in [4.69, 9.17) is 29.2 Å². The quantitative estimate of drug-likeness (QED) is 0.389. The number of rotatable bonds is 8. The molecule has 2 saturated heterocycles. The summed E-state index contributed by atoms with van der Waals surface area (Å²) in [7, 11) is 1.56. The Morgan fingerprint density at radius 1 is 1.32 bits per heavy atom. The molecule has 0 spiro atoms. The first kappa shape index (κ1) is 28.0. The maximum Gasteiger partial charge on any atom is 0.225 e. The van der Waals surface area contributed by atoms with Crippen LogP contribution in [0.15, 0.2) is 12.2 Å². The molecule has 8 heteroatoms. The number of nitrogens with one attached hydrogen (secondary N) is 1. The fourth-order valence-electron chi connectivity index (χ4n) is 3.77. The molecular weight excluding hydrogens is 402 g/mol. The Kier molecular flexibility index (Phi) is 11.6. The van der Waals surface area contributed by atoms with Crippen molar-refractivity contribution in [1.29, 1.82) is 0 Å². The van der Waals surface area contributed by atoms with Gasteiger partial charge in [-0.2, -0.15) is 0 Å². The Morgan fingerprint density at radius 2 is 1.97 bits per heavy atom. The molecule has 2 aliphatic rings. The number of ether oxygens (including phenoxy) is 4. The molecule has 0 aliphatic carbocycles. The third kappa shape index (κ3) is 8.79. The monoisotopic (exact) mass is 445 g/mol.